The van der Waals surface area contributed by atoms with E-state index in [9.17, 15) is 21.6 Å². The maximum atomic E-state index is 13.3. The average molecular weight is 519 g/mol. The highest BCUT2D eigenvalue weighted by atomic mass is 32.2. The first kappa shape index (κ1) is 26.1. The lowest BCUT2D eigenvalue weighted by atomic mass is 10.0. The number of benzene rings is 2. The molecule has 0 unspecified atom stereocenters. The highest BCUT2D eigenvalue weighted by Crippen LogP contribution is 2.32. The normalized spacial score (nSPS) is 15.5. The minimum absolute atomic E-state index is 0.227. The first-order valence-electron chi connectivity index (χ1n) is 11.8. The molecule has 192 valence electrons. The molecule has 0 amide bonds. The largest absolute Gasteiger partial charge is 0.416 e. The van der Waals surface area contributed by atoms with Crippen LogP contribution in [-0.4, -0.2) is 54.1 Å². The van der Waals surface area contributed by atoms with Gasteiger partial charge in [0, 0.05) is 49.4 Å². The fourth-order valence-electron chi connectivity index (χ4n) is 4.28. The molecule has 0 spiro atoms. The number of hydrogen-bond donors (Lipinski definition) is 0. The summed E-state index contributed by atoms with van der Waals surface area (Å²) in [6.45, 7) is 6.63. The third-order valence-corrected chi connectivity index (χ3v) is 8.63. The summed E-state index contributed by atoms with van der Waals surface area (Å²) in [5, 5.41) is -0.508. The Bertz CT molecular complexity index is 1320. The van der Waals surface area contributed by atoms with Crippen molar-refractivity contribution in [2.24, 2.45) is 0 Å². The fraction of sp³-hybridized carbons (Fsp3) is 0.385. The van der Waals surface area contributed by atoms with Gasteiger partial charge in [-0.05, 0) is 32.4 Å². The van der Waals surface area contributed by atoms with Crippen LogP contribution >= 0.6 is 0 Å². The molecule has 0 radical (unpaired) electrons. The molecule has 36 heavy (non-hydrogen) atoms. The third kappa shape index (κ3) is 5.54. The van der Waals surface area contributed by atoms with Crippen molar-refractivity contribution < 1.29 is 21.6 Å². The summed E-state index contributed by atoms with van der Waals surface area (Å²) >= 11 is 0. The minimum Gasteiger partial charge on any atom is -0.354 e. The molecule has 1 saturated heterocycles. The summed E-state index contributed by atoms with van der Waals surface area (Å²) in [7, 11) is -3.37. The van der Waals surface area contributed by atoms with Crippen LogP contribution in [0.1, 0.15) is 36.2 Å². The second-order valence-corrected chi connectivity index (χ2v) is 11.6. The van der Waals surface area contributed by atoms with E-state index in [1.807, 2.05) is 42.2 Å². The van der Waals surface area contributed by atoms with E-state index in [2.05, 4.69) is 4.98 Å². The van der Waals surface area contributed by atoms with Crippen molar-refractivity contribution in [1.82, 2.24) is 14.3 Å². The van der Waals surface area contributed by atoms with E-state index in [0.717, 1.165) is 23.3 Å². The summed E-state index contributed by atoms with van der Waals surface area (Å²) in [6, 6.07) is 14.8. The van der Waals surface area contributed by atoms with Crippen molar-refractivity contribution in [3.8, 4) is 11.4 Å². The van der Waals surface area contributed by atoms with E-state index in [-0.39, 0.29) is 6.42 Å². The number of sulfonamides is 1. The number of hydrogen-bond acceptors (Lipinski definition) is 5. The quantitative estimate of drug-likeness (QED) is 0.463. The van der Waals surface area contributed by atoms with Crippen LogP contribution in [0.2, 0.25) is 0 Å². The number of alkyl halides is 3. The van der Waals surface area contributed by atoms with Gasteiger partial charge in [0.15, 0.2) is 5.82 Å². The molecule has 1 aromatic heterocycles. The number of anilines is 1. The Balaban J connectivity index is 1.72. The highest BCUT2D eigenvalue weighted by molar-refractivity contribution is 7.89. The Labute approximate surface area is 209 Å². The standard InChI is InChI=1S/C26H29F3N4O2S/c1-18(2)36(34,35)33-14-12-32(13-15-33)25-23(17-20-8-7-11-22(16-20)26(27,28)29)19(3)30-24(31-25)21-9-5-4-6-10-21/h4-11,16,18H,12-15,17H2,1-3H3. The lowest BCUT2D eigenvalue weighted by Crippen LogP contribution is -2.51. The number of aromatic nitrogens is 2. The van der Waals surface area contributed by atoms with Crippen molar-refractivity contribution in [3.63, 3.8) is 0 Å². The monoisotopic (exact) mass is 518 g/mol. The number of aryl methyl sites for hydroxylation is 1. The number of halogens is 3. The van der Waals surface area contributed by atoms with E-state index in [1.165, 1.54) is 10.4 Å². The Morgan fingerprint density at radius 2 is 1.61 bits per heavy atom. The number of nitrogens with zero attached hydrogens (tertiary/aromatic N) is 4. The van der Waals surface area contributed by atoms with Crippen LogP contribution in [0.4, 0.5) is 19.0 Å². The lowest BCUT2D eigenvalue weighted by Gasteiger charge is -2.36. The van der Waals surface area contributed by atoms with Gasteiger partial charge in [-0.1, -0.05) is 48.5 Å². The predicted molar refractivity (Wildman–Crippen MR) is 134 cm³/mol. The molecular weight excluding hydrogens is 489 g/mol. The van der Waals surface area contributed by atoms with Gasteiger partial charge in [-0.15, -0.1) is 0 Å². The van der Waals surface area contributed by atoms with Gasteiger partial charge >= 0.3 is 6.18 Å². The van der Waals surface area contributed by atoms with Crippen LogP contribution in [0.3, 0.4) is 0 Å². The first-order chi connectivity index (χ1) is 17.0. The molecule has 0 saturated carbocycles. The molecule has 3 aromatic rings. The SMILES string of the molecule is Cc1nc(-c2ccccc2)nc(N2CCN(S(=O)(=O)C(C)C)CC2)c1Cc1cccc(C(F)(F)F)c1. The van der Waals surface area contributed by atoms with E-state index < -0.39 is 27.0 Å². The molecule has 0 atom stereocenters. The van der Waals surface area contributed by atoms with Crippen molar-refractivity contribution in [1.29, 1.82) is 0 Å². The summed E-state index contributed by atoms with van der Waals surface area (Å²) in [6.07, 6.45) is -4.20. The van der Waals surface area contributed by atoms with Gasteiger partial charge in [0.2, 0.25) is 10.0 Å². The summed E-state index contributed by atoms with van der Waals surface area (Å²) < 4.78 is 66.7. The molecular formula is C26H29F3N4O2S. The lowest BCUT2D eigenvalue weighted by molar-refractivity contribution is -0.137. The number of piperazine rings is 1. The maximum Gasteiger partial charge on any atom is 0.416 e. The van der Waals surface area contributed by atoms with Crippen molar-refractivity contribution >= 4 is 15.8 Å². The smallest absolute Gasteiger partial charge is 0.354 e. The minimum atomic E-state index is -4.43. The molecule has 1 aliphatic heterocycles. The Morgan fingerprint density at radius 1 is 0.944 bits per heavy atom. The number of rotatable bonds is 6. The van der Waals surface area contributed by atoms with Gasteiger partial charge in [-0.25, -0.2) is 18.4 Å². The van der Waals surface area contributed by atoms with Gasteiger partial charge in [0.1, 0.15) is 5.82 Å². The van der Waals surface area contributed by atoms with Gasteiger partial charge in [-0.2, -0.15) is 17.5 Å². The van der Waals surface area contributed by atoms with Crippen LogP contribution in [-0.2, 0) is 22.6 Å². The van der Waals surface area contributed by atoms with E-state index in [0.29, 0.717) is 49.1 Å². The van der Waals surface area contributed by atoms with Crippen molar-refractivity contribution in [2.45, 2.75) is 38.6 Å². The van der Waals surface area contributed by atoms with Crippen molar-refractivity contribution in [2.75, 3.05) is 31.1 Å². The Kier molecular flexibility index (Phi) is 7.38. The Hall–Kier alpha value is -2.98. The van der Waals surface area contributed by atoms with Gasteiger partial charge in [0.05, 0.1) is 10.8 Å². The summed E-state index contributed by atoms with van der Waals surface area (Å²) in [5.41, 5.74) is 2.04. The van der Waals surface area contributed by atoms with Crippen LogP contribution in [0.15, 0.2) is 54.6 Å². The van der Waals surface area contributed by atoms with Gasteiger partial charge in [-0.3, -0.25) is 0 Å². The zero-order valence-corrected chi connectivity index (χ0v) is 21.3. The van der Waals surface area contributed by atoms with E-state index >= 15 is 0 Å². The molecule has 0 bridgehead atoms. The molecule has 10 heteroatoms. The van der Waals surface area contributed by atoms with Crippen LogP contribution in [0.25, 0.3) is 11.4 Å². The Morgan fingerprint density at radius 3 is 2.22 bits per heavy atom. The third-order valence-electron chi connectivity index (χ3n) is 6.35. The zero-order chi connectivity index (χ0) is 26.1. The molecule has 2 aromatic carbocycles. The van der Waals surface area contributed by atoms with Crippen LogP contribution in [0, 0.1) is 6.92 Å². The topological polar surface area (TPSA) is 66.4 Å². The van der Waals surface area contributed by atoms with Crippen LogP contribution in [0.5, 0.6) is 0 Å². The molecule has 0 N–H and O–H groups in total. The fourth-order valence-corrected chi connectivity index (χ4v) is 5.55. The molecule has 2 heterocycles. The summed E-state index contributed by atoms with van der Waals surface area (Å²) in [4.78, 5) is 11.5. The van der Waals surface area contributed by atoms with Gasteiger partial charge in [0.25, 0.3) is 0 Å². The molecule has 1 aliphatic rings. The van der Waals surface area contributed by atoms with E-state index in [1.54, 1.807) is 19.9 Å². The highest BCUT2D eigenvalue weighted by Gasteiger charge is 2.32. The van der Waals surface area contributed by atoms with Crippen molar-refractivity contribution in [3.05, 3.63) is 77.0 Å². The molecule has 4 rings (SSSR count). The second kappa shape index (κ2) is 10.2. The summed E-state index contributed by atoms with van der Waals surface area (Å²) in [5.74, 6) is 1.15. The molecule has 0 aliphatic carbocycles. The maximum absolute atomic E-state index is 13.3. The average Bonchev–Trinajstić information content (AvgIpc) is 2.85. The van der Waals surface area contributed by atoms with Gasteiger partial charge < -0.3 is 4.90 Å². The predicted octanol–water partition coefficient (Wildman–Crippen LogP) is 4.92. The first-order valence-corrected chi connectivity index (χ1v) is 13.3. The molecule has 6 nitrogen and oxygen atoms in total. The zero-order valence-electron chi connectivity index (χ0n) is 20.5. The second-order valence-electron chi connectivity index (χ2n) is 9.16. The van der Waals surface area contributed by atoms with E-state index in [4.69, 9.17) is 4.98 Å². The van der Waals surface area contributed by atoms with Crippen LogP contribution < -0.4 is 4.90 Å². The molecule has 1 fully saturated rings.